The molecule has 0 spiro atoms. The molecule has 2 atom stereocenters. The highest BCUT2D eigenvalue weighted by Gasteiger charge is 2.46. The van der Waals surface area contributed by atoms with Crippen molar-refractivity contribution in [2.75, 3.05) is 19.7 Å². The molecule has 3 fully saturated rings. The van der Waals surface area contributed by atoms with E-state index in [1.165, 1.54) is 38.8 Å². The smallest absolute Gasteiger partial charge is 0.0747 e. The Kier molecular flexibility index (Phi) is 1.66. The van der Waals surface area contributed by atoms with Gasteiger partial charge in [-0.1, -0.05) is 6.42 Å². The zero-order chi connectivity index (χ0) is 7.97. The number of hydrogen-bond acceptors (Lipinski definition) is 2. The van der Waals surface area contributed by atoms with Gasteiger partial charge in [-0.15, -0.1) is 0 Å². The zero-order valence-corrected chi connectivity index (χ0v) is 7.54. The van der Waals surface area contributed by atoms with E-state index in [1.807, 2.05) is 0 Å². The van der Waals surface area contributed by atoms with Crippen LogP contribution in [0.2, 0.25) is 0 Å². The van der Waals surface area contributed by atoms with Crippen LogP contribution in [-0.4, -0.2) is 36.7 Å². The number of hydrogen-bond donors (Lipinski definition) is 0. The highest BCUT2D eigenvalue weighted by Crippen LogP contribution is 2.37. The van der Waals surface area contributed by atoms with Crippen LogP contribution in [0, 0.1) is 5.92 Å². The van der Waals surface area contributed by atoms with E-state index in [0.29, 0.717) is 6.10 Å². The van der Waals surface area contributed by atoms with Gasteiger partial charge in [0.05, 0.1) is 12.7 Å². The lowest BCUT2D eigenvalue weighted by Gasteiger charge is -2.34. The van der Waals surface area contributed by atoms with Crippen molar-refractivity contribution in [1.82, 2.24) is 4.90 Å². The number of morpholine rings is 1. The molecule has 68 valence electrons. The van der Waals surface area contributed by atoms with Crippen LogP contribution in [0.5, 0.6) is 0 Å². The van der Waals surface area contributed by atoms with Crippen molar-refractivity contribution < 1.29 is 4.74 Å². The molecule has 2 saturated carbocycles. The minimum absolute atomic E-state index is 0.624. The molecule has 2 unspecified atom stereocenters. The first-order valence-corrected chi connectivity index (χ1v) is 5.29. The molecule has 12 heavy (non-hydrogen) atoms. The summed E-state index contributed by atoms with van der Waals surface area (Å²) in [6, 6.07) is 0.819. The second kappa shape index (κ2) is 2.71. The summed E-state index contributed by atoms with van der Waals surface area (Å²) in [4.78, 5) is 2.66. The predicted molar refractivity (Wildman–Crippen MR) is 47.1 cm³/mol. The molecule has 1 heterocycles. The lowest BCUT2D eigenvalue weighted by molar-refractivity contribution is 0.0188. The normalized spacial score (nSPS) is 42.0. The van der Waals surface area contributed by atoms with Gasteiger partial charge in [0.2, 0.25) is 0 Å². The Morgan fingerprint density at radius 1 is 1.33 bits per heavy atom. The first kappa shape index (κ1) is 7.34. The largest absolute Gasteiger partial charge is 0.375 e. The Hall–Kier alpha value is -0.0800. The third-order valence-electron chi connectivity index (χ3n) is 3.60. The third kappa shape index (κ3) is 1.17. The molecule has 0 aromatic carbocycles. The van der Waals surface area contributed by atoms with Crippen molar-refractivity contribution in [3.8, 4) is 0 Å². The molecule has 0 radical (unpaired) electrons. The molecule has 1 aliphatic heterocycles. The van der Waals surface area contributed by atoms with Crippen molar-refractivity contribution in [2.45, 2.75) is 37.8 Å². The topological polar surface area (TPSA) is 12.5 Å². The van der Waals surface area contributed by atoms with Crippen LogP contribution in [0.4, 0.5) is 0 Å². The summed E-state index contributed by atoms with van der Waals surface area (Å²) in [5.41, 5.74) is 0. The van der Waals surface area contributed by atoms with E-state index < -0.39 is 0 Å². The van der Waals surface area contributed by atoms with E-state index in [2.05, 4.69) is 4.90 Å². The molecule has 0 aromatic rings. The van der Waals surface area contributed by atoms with Gasteiger partial charge in [0.15, 0.2) is 0 Å². The number of rotatable bonds is 2. The van der Waals surface area contributed by atoms with Crippen molar-refractivity contribution in [1.29, 1.82) is 0 Å². The fourth-order valence-corrected chi connectivity index (χ4v) is 2.44. The summed E-state index contributed by atoms with van der Waals surface area (Å²) in [6.45, 7) is 3.54. The molecule has 0 aromatic heterocycles. The summed E-state index contributed by atoms with van der Waals surface area (Å²) >= 11 is 0. The van der Waals surface area contributed by atoms with Crippen LogP contribution in [0.15, 0.2) is 0 Å². The minimum Gasteiger partial charge on any atom is -0.375 e. The van der Waals surface area contributed by atoms with Crippen LogP contribution in [0.25, 0.3) is 0 Å². The molecule has 0 bridgehead atoms. The molecule has 0 N–H and O–H groups in total. The Bertz CT molecular complexity index is 179. The van der Waals surface area contributed by atoms with Crippen LogP contribution in [0.3, 0.4) is 0 Å². The van der Waals surface area contributed by atoms with Crippen LogP contribution in [0.1, 0.15) is 25.7 Å². The van der Waals surface area contributed by atoms with Gasteiger partial charge in [0.1, 0.15) is 0 Å². The van der Waals surface area contributed by atoms with Crippen molar-refractivity contribution in [3.63, 3.8) is 0 Å². The highest BCUT2D eigenvalue weighted by atomic mass is 16.5. The molecule has 2 heteroatoms. The number of fused-ring (bicyclic) bond motifs is 1. The van der Waals surface area contributed by atoms with Crippen LogP contribution >= 0.6 is 0 Å². The molecule has 0 amide bonds. The molecule has 1 saturated heterocycles. The first-order chi connectivity index (χ1) is 5.93. The summed E-state index contributed by atoms with van der Waals surface area (Å²) in [6.07, 6.45) is 6.37. The highest BCUT2D eigenvalue weighted by molar-refractivity contribution is 5.00. The minimum atomic E-state index is 0.624. The average Bonchev–Trinajstić information content (AvgIpc) is 2.75. The van der Waals surface area contributed by atoms with Crippen LogP contribution < -0.4 is 0 Å². The zero-order valence-electron chi connectivity index (χ0n) is 7.54. The average molecular weight is 167 g/mol. The van der Waals surface area contributed by atoms with Crippen LogP contribution in [-0.2, 0) is 4.74 Å². The summed E-state index contributed by atoms with van der Waals surface area (Å²) in [5.74, 6) is 1.03. The van der Waals surface area contributed by atoms with Crippen molar-refractivity contribution >= 4 is 0 Å². The fraction of sp³-hybridized carbons (Fsp3) is 1.00. The lowest BCUT2D eigenvalue weighted by Crippen LogP contribution is -2.41. The molecular weight excluding hydrogens is 150 g/mol. The number of ether oxygens (including phenoxy) is 1. The summed E-state index contributed by atoms with van der Waals surface area (Å²) in [7, 11) is 0. The van der Waals surface area contributed by atoms with E-state index in [0.717, 1.165) is 18.6 Å². The lowest BCUT2D eigenvalue weighted by atomic mass is 9.85. The molecular formula is C10H17NO. The fourth-order valence-electron chi connectivity index (χ4n) is 2.44. The van der Waals surface area contributed by atoms with Gasteiger partial charge in [-0.05, 0) is 25.2 Å². The standard InChI is InChI=1S/C10H17NO/c1-2-8(3-1)7-11-4-5-12-10-6-9(10)11/h8-10H,1-7H2. The summed E-state index contributed by atoms with van der Waals surface area (Å²) in [5, 5.41) is 0. The van der Waals surface area contributed by atoms with Crippen molar-refractivity contribution in [3.05, 3.63) is 0 Å². The van der Waals surface area contributed by atoms with E-state index in [4.69, 9.17) is 4.74 Å². The van der Waals surface area contributed by atoms with Crippen molar-refractivity contribution in [2.24, 2.45) is 5.92 Å². The Morgan fingerprint density at radius 3 is 3.00 bits per heavy atom. The Labute approximate surface area is 73.9 Å². The maximum absolute atomic E-state index is 5.57. The van der Waals surface area contributed by atoms with Gasteiger partial charge >= 0.3 is 0 Å². The maximum Gasteiger partial charge on any atom is 0.0747 e. The molecule has 2 nitrogen and oxygen atoms in total. The molecule has 2 aliphatic carbocycles. The van der Waals surface area contributed by atoms with E-state index in [-0.39, 0.29) is 0 Å². The first-order valence-electron chi connectivity index (χ1n) is 5.29. The molecule has 3 rings (SSSR count). The van der Waals surface area contributed by atoms with Gasteiger partial charge in [-0.2, -0.15) is 0 Å². The molecule has 3 aliphatic rings. The van der Waals surface area contributed by atoms with Gasteiger partial charge in [0.25, 0.3) is 0 Å². The van der Waals surface area contributed by atoms with Gasteiger partial charge < -0.3 is 4.74 Å². The second-order valence-electron chi connectivity index (χ2n) is 4.50. The number of nitrogens with zero attached hydrogens (tertiary/aromatic N) is 1. The maximum atomic E-state index is 5.57. The van der Waals surface area contributed by atoms with Gasteiger partial charge in [0, 0.05) is 19.1 Å². The monoisotopic (exact) mass is 167 g/mol. The van der Waals surface area contributed by atoms with Gasteiger partial charge in [-0.3, -0.25) is 4.90 Å². The second-order valence-corrected chi connectivity index (χ2v) is 4.50. The summed E-state index contributed by atoms with van der Waals surface area (Å²) < 4.78 is 5.57. The quantitative estimate of drug-likeness (QED) is 0.614. The Morgan fingerprint density at radius 2 is 2.25 bits per heavy atom. The Balaban J connectivity index is 1.54. The van der Waals surface area contributed by atoms with E-state index in [9.17, 15) is 0 Å². The SMILES string of the molecule is C1CC(CN2CCOC3CC32)C1. The third-order valence-corrected chi connectivity index (χ3v) is 3.60. The predicted octanol–water partition coefficient (Wildman–Crippen LogP) is 1.26. The van der Waals surface area contributed by atoms with E-state index >= 15 is 0 Å². The van der Waals surface area contributed by atoms with E-state index in [1.54, 1.807) is 0 Å². The van der Waals surface area contributed by atoms with Gasteiger partial charge in [-0.25, -0.2) is 0 Å².